The molecule has 80 valence electrons. The van der Waals surface area contributed by atoms with Gasteiger partial charge in [0.1, 0.15) is 0 Å². The van der Waals surface area contributed by atoms with Crippen LogP contribution < -0.4 is 11.1 Å². The lowest BCUT2D eigenvalue weighted by atomic mass is 10.3. The van der Waals surface area contributed by atoms with Gasteiger partial charge >= 0.3 is 0 Å². The first-order chi connectivity index (χ1) is 7.20. The lowest BCUT2D eigenvalue weighted by Gasteiger charge is -2.10. The van der Waals surface area contributed by atoms with E-state index in [9.17, 15) is 0 Å². The van der Waals surface area contributed by atoms with Crippen LogP contribution in [0, 0.1) is 0 Å². The lowest BCUT2D eigenvalue weighted by molar-refractivity contribution is 0.774. The SMILES string of the molecule is CC(CN)Nc1ncc2cnn(C)c2n1. The average molecular weight is 206 g/mol. The highest BCUT2D eigenvalue weighted by Gasteiger charge is 2.05. The third-order valence-corrected chi connectivity index (χ3v) is 2.20. The molecule has 2 aromatic heterocycles. The second-order valence-corrected chi connectivity index (χ2v) is 3.52. The molecule has 15 heavy (non-hydrogen) atoms. The zero-order valence-corrected chi connectivity index (χ0v) is 8.81. The van der Waals surface area contributed by atoms with Crippen molar-refractivity contribution >= 4 is 17.0 Å². The van der Waals surface area contributed by atoms with E-state index >= 15 is 0 Å². The van der Waals surface area contributed by atoms with Gasteiger partial charge in [-0.25, -0.2) is 4.98 Å². The van der Waals surface area contributed by atoms with Crippen molar-refractivity contribution < 1.29 is 0 Å². The van der Waals surface area contributed by atoms with Crippen LogP contribution in [0.25, 0.3) is 11.0 Å². The fraction of sp³-hybridized carbons (Fsp3) is 0.444. The summed E-state index contributed by atoms with van der Waals surface area (Å²) in [6.07, 6.45) is 3.49. The molecule has 0 aliphatic rings. The minimum Gasteiger partial charge on any atom is -0.350 e. The van der Waals surface area contributed by atoms with Crippen LogP contribution in [-0.2, 0) is 7.05 Å². The smallest absolute Gasteiger partial charge is 0.224 e. The quantitative estimate of drug-likeness (QED) is 0.745. The van der Waals surface area contributed by atoms with Crippen LogP contribution in [0.3, 0.4) is 0 Å². The maximum absolute atomic E-state index is 5.51. The molecule has 0 aliphatic carbocycles. The van der Waals surface area contributed by atoms with E-state index < -0.39 is 0 Å². The third-order valence-electron chi connectivity index (χ3n) is 2.20. The van der Waals surface area contributed by atoms with Gasteiger partial charge in [0.05, 0.1) is 11.6 Å². The van der Waals surface area contributed by atoms with Gasteiger partial charge in [0.2, 0.25) is 5.95 Å². The molecule has 0 bridgehead atoms. The number of aromatic nitrogens is 4. The van der Waals surface area contributed by atoms with E-state index in [-0.39, 0.29) is 6.04 Å². The van der Waals surface area contributed by atoms with Crippen LogP contribution in [0.5, 0.6) is 0 Å². The van der Waals surface area contributed by atoms with Gasteiger partial charge < -0.3 is 11.1 Å². The molecule has 0 amide bonds. The van der Waals surface area contributed by atoms with Crippen molar-refractivity contribution in [1.82, 2.24) is 19.7 Å². The van der Waals surface area contributed by atoms with Crippen LogP contribution in [0.15, 0.2) is 12.4 Å². The van der Waals surface area contributed by atoms with Crippen LogP contribution >= 0.6 is 0 Å². The number of rotatable bonds is 3. The molecule has 2 aromatic rings. The first kappa shape index (κ1) is 9.85. The summed E-state index contributed by atoms with van der Waals surface area (Å²) in [5.74, 6) is 0.587. The number of hydrogen-bond donors (Lipinski definition) is 2. The van der Waals surface area contributed by atoms with Gasteiger partial charge in [-0.15, -0.1) is 0 Å². The van der Waals surface area contributed by atoms with E-state index in [2.05, 4.69) is 20.4 Å². The van der Waals surface area contributed by atoms with Crippen molar-refractivity contribution in [2.24, 2.45) is 12.8 Å². The molecular formula is C9H14N6. The van der Waals surface area contributed by atoms with E-state index in [0.29, 0.717) is 12.5 Å². The van der Waals surface area contributed by atoms with Gasteiger partial charge in [-0.1, -0.05) is 0 Å². The Labute approximate surface area is 87.5 Å². The van der Waals surface area contributed by atoms with E-state index in [4.69, 9.17) is 5.73 Å². The van der Waals surface area contributed by atoms with Crippen LogP contribution in [0.2, 0.25) is 0 Å². The van der Waals surface area contributed by atoms with Crippen molar-refractivity contribution in [3.63, 3.8) is 0 Å². The Morgan fingerprint density at radius 3 is 3.07 bits per heavy atom. The molecular weight excluding hydrogens is 192 g/mol. The predicted octanol–water partition coefficient (Wildman–Crippen LogP) is 0.122. The summed E-state index contributed by atoms with van der Waals surface area (Å²) in [5, 5.41) is 8.14. The summed E-state index contributed by atoms with van der Waals surface area (Å²) in [6.45, 7) is 2.53. The number of fused-ring (bicyclic) bond motifs is 1. The van der Waals surface area contributed by atoms with Gasteiger partial charge in [0.15, 0.2) is 5.65 Å². The number of nitrogens with two attached hydrogens (primary N) is 1. The Morgan fingerprint density at radius 2 is 2.33 bits per heavy atom. The fourth-order valence-electron chi connectivity index (χ4n) is 1.28. The summed E-state index contributed by atoms with van der Waals surface area (Å²) < 4.78 is 1.72. The van der Waals surface area contributed by atoms with Gasteiger partial charge in [-0.2, -0.15) is 10.1 Å². The molecule has 6 nitrogen and oxygen atoms in total. The number of hydrogen-bond acceptors (Lipinski definition) is 5. The minimum atomic E-state index is 0.163. The maximum Gasteiger partial charge on any atom is 0.224 e. The summed E-state index contributed by atoms with van der Waals surface area (Å²) >= 11 is 0. The number of nitrogens with zero attached hydrogens (tertiary/aromatic N) is 4. The van der Waals surface area contributed by atoms with Crippen molar-refractivity contribution in [2.75, 3.05) is 11.9 Å². The van der Waals surface area contributed by atoms with Gasteiger partial charge in [-0.05, 0) is 6.92 Å². The monoisotopic (exact) mass is 206 g/mol. The molecule has 0 aliphatic heterocycles. The van der Waals surface area contributed by atoms with Crippen molar-refractivity contribution in [3.8, 4) is 0 Å². The zero-order chi connectivity index (χ0) is 10.8. The Bertz CT molecular complexity index is 463. The molecule has 1 atom stereocenters. The minimum absolute atomic E-state index is 0.163. The highest BCUT2D eigenvalue weighted by Crippen LogP contribution is 2.10. The first-order valence-electron chi connectivity index (χ1n) is 4.82. The zero-order valence-electron chi connectivity index (χ0n) is 8.81. The number of aryl methyl sites for hydroxylation is 1. The Morgan fingerprint density at radius 1 is 1.53 bits per heavy atom. The topological polar surface area (TPSA) is 81.6 Å². The summed E-state index contributed by atoms with van der Waals surface area (Å²) in [4.78, 5) is 8.52. The van der Waals surface area contributed by atoms with Crippen LogP contribution in [0.4, 0.5) is 5.95 Å². The molecule has 0 spiro atoms. The second-order valence-electron chi connectivity index (χ2n) is 3.52. The Kier molecular flexibility index (Phi) is 2.51. The first-order valence-corrected chi connectivity index (χ1v) is 4.82. The lowest BCUT2D eigenvalue weighted by Crippen LogP contribution is -2.26. The molecule has 0 saturated heterocycles. The van der Waals surface area contributed by atoms with Crippen molar-refractivity contribution in [2.45, 2.75) is 13.0 Å². The summed E-state index contributed by atoms with van der Waals surface area (Å²) in [7, 11) is 1.85. The van der Waals surface area contributed by atoms with E-state index in [1.54, 1.807) is 17.1 Å². The number of nitrogens with one attached hydrogen (secondary N) is 1. The molecule has 1 unspecified atom stereocenters. The molecule has 6 heteroatoms. The van der Waals surface area contributed by atoms with Crippen LogP contribution in [-0.4, -0.2) is 32.3 Å². The van der Waals surface area contributed by atoms with Crippen molar-refractivity contribution in [1.29, 1.82) is 0 Å². The molecule has 0 aromatic carbocycles. The van der Waals surface area contributed by atoms with E-state index in [1.807, 2.05) is 14.0 Å². The Hall–Kier alpha value is -1.69. The van der Waals surface area contributed by atoms with Gasteiger partial charge in [0.25, 0.3) is 0 Å². The van der Waals surface area contributed by atoms with Crippen LogP contribution in [0.1, 0.15) is 6.92 Å². The second kappa shape index (κ2) is 3.82. The maximum atomic E-state index is 5.51. The number of anilines is 1. The largest absolute Gasteiger partial charge is 0.350 e. The van der Waals surface area contributed by atoms with E-state index in [1.165, 1.54) is 0 Å². The molecule has 2 heterocycles. The normalized spacial score (nSPS) is 13.0. The van der Waals surface area contributed by atoms with Gasteiger partial charge in [0, 0.05) is 25.8 Å². The molecule has 3 N–H and O–H groups in total. The van der Waals surface area contributed by atoms with Crippen molar-refractivity contribution in [3.05, 3.63) is 12.4 Å². The van der Waals surface area contributed by atoms with Gasteiger partial charge in [-0.3, -0.25) is 4.68 Å². The standard InChI is InChI=1S/C9H14N6/c1-6(3-10)13-9-11-4-7-5-12-15(2)8(7)14-9/h4-6H,3,10H2,1-2H3,(H,11,13,14). The average Bonchev–Trinajstić information content (AvgIpc) is 2.60. The molecule has 0 radical (unpaired) electrons. The highest BCUT2D eigenvalue weighted by molar-refractivity contribution is 5.74. The molecule has 0 saturated carbocycles. The fourth-order valence-corrected chi connectivity index (χ4v) is 1.28. The molecule has 0 fully saturated rings. The highest BCUT2D eigenvalue weighted by atomic mass is 15.3. The Balaban J connectivity index is 2.33. The summed E-state index contributed by atoms with van der Waals surface area (Å²) in [5.41, 5.74) is 6.32. The third kappa shape index (κ3) is 1.89. The predicted molar refractivity (Wildman–Crippen MR) is 58.4 cm³/mol. The summed E-state index contributed by atoms with van der Waals surface area (Å²) in [6, 6.07) is 0.163. The molecule has 2 rings (SSSR count). The van der Waals surface area contributed by atoms with E-state index in [0.717, 1.165) is 11.0 Å².